The van der Waals surface area contributed by atoms with Crippen molar-refractivity contribution in [3.05, 3.63) is 70.6 Å². The highest BCUT2D eigenvalue weighted by molar-refractivity contribution is 5.85. The van der Waals surface area contributed by atoms with Gasteiger partial charge in [-0.25, -0.2) is 4.79 Å². The minimum atomic E-state index is -0.710. The number of imidazole rings is 1. The van der Waals surface area contributed by atoms with Crippen molar-refractivity contribution in [1.29, 1.82) is 0 Å². The lowest BCUT2D eigenvalue weighted by Crippen LogP contribution is -2.39. The van der Waals surface area contributed by atoms with E-state index in [1.54, 1.807) is 4.57 Å². The van der Waals surface area contributed by atoms with Crippen molar-refractivity contribution in [2.24, 2.45) is 0 Å². The molecule has 0 spiro atoms. The number of rotatable bonds is 6. The second-order valence-electron chi connectivity index (χ2n) is 7.43. The molecule has 2 aromatic carbocycles. The fourth-order valence-corrected chi connectivity index (χ4v) is 4.49. The van der Waals surface area contributed by atoms with E-state index in [-0.39, 0.29) is 24.1 Å². The van der Waals surface area contributed by atoms with Gasteiger partial charge in [0.1, 0.15) is 0 Å². The Morgan fingerprint density at radius 2 is 1.64 bits per heavy atom. The molecule has 5 nitrogen and oxygen atoms in total. The molecule has 0 amide bonds. The summed E-state index contributed by atoms with van der Waals surface area (Å²) in [5.41, 5.74) is 2.77. The normalized spacial score (nSPS) is 16.8. The first-order valence-electron chi connectivity index (χ1n) is 9.81. The number of para-hydroxylation sites is 2. The van der Waals surface area contributed by atoms with Crippen molar-refractivity contribution in [1.82, 2.24) is 14.5 Å². The smallest absolute Gasteiger partial charge is 0.330 e. The molecule has 1 aliphatic carbocycles. The minimum Gasteiger partial charge on any atom is -0.389 e. The van der Waals surface area contributed by atoms with E-state index in [1.807, 2.05) is 66.2 Å². The predicted octanol–water partition coefficient (Wildman–Crippen LogP) is 3.51. The average molecular weight is 402 g/mol. The lowest BCUT2D eigenvalue weighted by molar-refractivity contribution is 0.130. The van der Waals surface area contributed by atoms with Gasteiger partial charge in [0.05, 0.1) is 23.2 Å². The third-order valence-electron chi connectivity index (χ3n) is 5.70. The van der Waals surface area contributed by atoms with Crippen LogP contribution in [0.2, 0.25) is 0 Å². The Kier molecular flexibility index (Phi) is 6.60. The second-order valence-corrected chi connectivity index (χ2v) is 7.43. The summed E-state index contributed by atoms with van der Waals surface area (Å²) in [6, 6.07) is 17.6. The van der Waals surface area contributed by atoms with E-state index < -0.39 is 12.1 Å². The third-order valence-corrected chi connectivity index (χ3v) is 5.70. The topological polar surface area (TPSA) is 59.2 Å². The van der Waals surface area contributed by atoms with Gasteiger partial charge >= 0.3 is 5.69 Å². The molecule has 0 aliphatic heterocycles. The molecule has 1 aliphatic rings. The van der Waals surface area contributed by atoms with Crippen LogP contribution in [0, 0.1) is 0 Å². The Hall–Kier alpha value is -2.08. The maximum absolute atomic E-state index is 13.6. The quantitative estimate of drug-likeness (QED) is 0.664. The van der Waals surface area contributed by atoms with E-state index in [2.05, 4.69) is 5.32 Å². The number of nitrogens with one attached hydrogen (secondary N) is 1. The molecule has 0 unspecified atom stereocenters. The number of benzene rings is 2. The Morgan fingerprint density at radius 1 is 1.04 bits per heavy atom. The molecule has 0 bridgehead atoms. The molecule has 3 aromatic rings. The van der Waals surface area contributed by atoms with Gasteiger partial charge in [-0.2, -0.15) is 0 Å². The number of hydrogen-bond acceptors (Lipinski definition) is 3. The Morgan fingerprint density at radius 3 is 2.29 bits per heavy atom. The first kappa shape index (κ1) is 20.6. The molecule has 2 atom stereocenters. The predicted molar refractivity (Wildman–Crippen MR) is 115 cm³/mol. The average Bonchev–Trinajstić information content (AvgIpc) is 3.30. The van der Waals surface area contributed by atoms with Gasteiger partial charge in [-0.1, -0.05) is 55.3 Å². The van der Waals surface area contributed by atoms with Gasteiger partial charge in [0.2, 0.25) is 0 Å². The summed E-state index contributed by atoms with van der Waals surface area (Å²) in [7, 11) is 1.82. The maximum Gasteiger partial charge on any atom is 0.330 e. The van der Waals surface area contributed by atoms with Gasteiger partial charge in [-0.15, -0.1) is 12.4 Å². The lowest BCUT2D eigenvalue weighted by Gasteiger charge is -2.25. The first-order chi connectivity index (χ1) is 13.2. The second kappa shape index (κ2) is 8.95. The van der Waals surface area contributed by atoms with Crippen LogP contribution in [0.5, 0.6) is 0 Å². The minimum absolute atomic E-state index is 0. The van der Waals surface area contributed by atoms with E-state index in [4.69, 9.17) is 0 Å². The molecular weight excluding hydrogens is 374 g/mol. The van der Waals surface area contributed by atoms with E-state index in [0.29, 0.717) is 6.54 Å². The number of hydrogen-bond donors (Lipinski definition) is 2. The summed E-state index contributed by atoms with van der Waals surface area (Å²) in [6.45, 7) is 0.412. The summed E-state index contributed by atoms with van der Waals surface area (Å²) >= 11 is 0. The molecule has 1 fully saturated rings. The van der Waals surface area contributed by atoms with Crippen LogP contribution in [0.3, 0.4) is 0 Å². The molecule has 1 saturated carbocycles. The molecule has 0 saturated heterocycles. The van der Waals surface area contributed by atoms with Crippen molar-refractivity contribution >= 4 is 23.4 Å². The van der Waals surface area contributed by atoms with Crippen molar-refractivity contribution in [3.8, 4) is 0 Å². The number of aromatic nitrogens is 2. The van der Waals surface area contributed by atoms with Gasteiger partial charge in [0.25, 0.3) is 0 Å². The number of halogens is 1. The van der Waals surface area contributed by atoms with Crippen LogP contribution in [-0.2, 0) is 0 Å². The monoisotopic (exact) mass is 401 g/mol. The Bertz CT molecular complexity index is 961. The van der Waals surface area contributed by atoms with Crippen LogP contribution in [0.1, 0.15) is 43.3 Å². The van der Waals surface area contributed by atoms with Gasteiger partial charge in [-0.05, 0) is 37.6 Å². The molecule has 2 N–H and O–H groups in total. The Labute approximate surface area is 171 Å². The summed E-state index contributed by atoms with van der Waals surface area (Å²) in [5.74, 6) is 0. The van der Waals surface area contributed by atoms with Crippen molar-refractivity contribution in [2.75, 3.05) is 13.6 Å². The van der Waals surface area contributed by atoms with E-state index in [9.17, 15) is 9.90 Å². The summed E-state index contributed by atoms with van der Waals surface area (Å²) in [4.78, 5) is 13.6. The zero-order valence-corrected chi connectivity index (χ0v) is 16.9. The van der Waals surface area contributed by atoms with Gasteiger partial charge in [0.15, 0.2) is 0 Å². The molecule has 150 valence electrons. The van der Waals surface area contributed by atoms with Crippen LogP contribution < -0.4 is 11.0 Å². The highest BCUT2D eigenvalue weighted by Crippen LogP contribution is 2.33. The van der Waals surface area contributed by atoms with Crippen LogP contribution >= 0.6 is 12.4 Å². The van der Waals surface area contributed by atoms with E-state index >= 15 is 0 Å². The molecule has 0 radical (unpaired) electrons. The number of nitrogens with zero attached hydrogens (tertiary/aromatic N) is 2. The standard InChI is InChI=1S/C22H27N3O2.ClH/c1-23-15-20(26)21(16-9-3-2-4-10-16)25-19-14-8-7-13-18(19)24(22(25)27)17-11-5-6-12-17;/h2-4,7-10,13-14,17,20-21,23,26H,5-6,11-12,15H2,1H3;1H/t20-,21-;/m0./s1. The number of aliphatic hydroxyl groups is 1. The van der Waals surface area contributed by atoms with Crippen LogP contribution in [-0.4, -0.2) is 33.9 Å². The molecule has 6 heteroatoms. The summed E-state index contributed by atoms with van der Waals surface area (Å²) in [6.07, 6.45) is 3.71. The van der Waals surface area contributed by atoms with Crippen LogP contribution in [0.4, 0.5) is 0 Å². The van der Waals surface area contributed by atoms with Gasteiger partial charge in [0, 0.05) is 12.6 Å². The first-order valence-corrected chi connectivity index (χ1v) is 9.81. The van der Waals surface area contributed by atoms with Gasteiger partial charge < -0.3 is 10.4 Å². The van der Waals surface area contributed by atoms with Crippen LogP contribution in [0.25, 0.3) is 11.0 Å². The highest BCUT2D eigenvalue weighted by Gasteiger charge is 2.30. The summed E-state index contributed by atoms with van der Waals surface area (Å²) in [5, 5.41) is 14.0. The Balaban J connectivity index is 0.00000225. The number of likely N-dealkylation sites (N-methyl/N-ethyl adjacent to an activating group) is 1. The van der Waals surface area contributed by atoms with Crippen molar-refractivity contribution < 1.29 is 5.11 Å². The SMILES string of the molecule is CNC[C@H](O)[C@H](c1ccccc1)n1c(=O)n(C2CCCC2)c2ccccc21.Cl. The van der Waals surface area contributed by atoms with Gasteiger partial charge in [-0.3, -0.25) is 9.13 Å². The molecule has 1 aromatic heterocycles. The number of fused-ring (bicyclic) bond motifs is 1. The summed E-state index contributed by atoms with van der Waals surface area (Å²) < 4.78 is 3.76. The highest BCUT2D eigenvalue weighted by atomic mass is 35.5. The lowest BCUT2D eigenvalue weighted by atomic mass is 10.0. The zero-order valence-electron chi connectivity index (χ0n) is 16.1. The molecular formula is C22H28ClN3O2. The molecule has 1 heterocycles. The van der Waals surface area contributed by atoms with Crippen molar-refractivity contribution in [3.63, 3.8) is 0 Å². The van der Waals surface area contributed by atoms with E-state index in [1.165, 1.54) is 12.8 Å². The molecule has 28 heavy (non-hydrogen) atoms. The number of aliphatic hydroxyl groups excluding tert-OH is 1. The van der Waals surface area contributed by atoms with Crippen LogP contribution in [0.15, 0.2) is 59.4 Å². The third kappa shape index (κ3) is 3.62. The largest absolute Gasteiger partial charge is 0.389 e. The molecule has 4 rings (SSSR count). The maximum atomic E-state index is 13.6. The van der Waals surface area contributed by atoms with E-state index in [0.717, 1.165) is 29.4 Å². The van der Waals surface area contributed by atoms with Crippen molar-refractivity contribution in [2.45, 2.75) is 43.9 Å². The fourth-order valence-electron chi connectivity index (χ4n) is 4.49. The zero-order chi connectivity index (χ0) is 18.8. The fraction of sp³-hybridized carbons (Fsp3) is 0.409.